The molecule has 74 valence electrons. The Bertz CT molecular complexity index is 372. The lowest BCUT2D eigenvalue weighted by Crippen LogP contribution is -2.16. The van der Waals surface area contributed by atoms with E-state index >= 15 is 0 Å². The molecular formula is C11H13NO2. The Morgan fingerprint density at radius 2 is 2.07 bits per heavy atom. The summed E-state index contributed by atoms with van der Waals surface area (Å²) in [4.78, 5) is 23.3. The Kier molecular flexibility index (Phi) is 3.02. The summed E-state index contributed by atoms with van der Waals surface area (Å²) in [5.41, 5.74) is 2.25. The van der Waals surface area contributed by atoms with Gasteiger partial charge in [-0.3, -0.25) is 9.59 Å². The molecule has 0 spiro atoms. The molecule has 14 heavy (non-hydrogen) atoms. The van der Waals surface area contributed by atoms with Crippen LogP contribution in [-0.4, -0.2) is 19.2 Å². The standard InChI is InChI=1S/C11H13NO2/c1-8-4-5-11(12(3)7-13)10(6-8)9(2)14/h4-7H,1-3H3. The molecule has 0 aliphatic carbocycles. The Balaban J connectivity index is 3.28. The number of amides is 1. The fourth-order valence-corrected chi connectivity index (χ4v) is 1.30. The number of aryl methyl sites for hydroxylation is 1. The predicted molar refractivity (Wildman–Crippen MR) is 55.7 cm³/mol. The van der Waals surface area contributed by atoms with E-state index in [-0.39, 0.29) is 5.78 Å². The van der Waals surface area contributed by atoms with E-state index in [2.05, 4.69) is 0 Å². The van der Waals surface area contributed by atoms with Gasteiger partial charge in [0.1, 0.15) is 0 Å². The average Bonchev–Trinajstić information content (AvgIpc) is 2.16. The Morgan fingerprint density at radius 3 is 2.57 bits per heavy atom. The highest BCUT2D eigenvalue weighted by Gasteiger charge is 2.10. The first-order chi connectivity index (χ1) is 6.56. The second-order valence-corrected chi connectivity index (χ2v) is 3.29. The molecule has 0 N–H and O–H groups in total. The zero-order chi connectivity index (χ0) is 10.7. The minimum absolute atomic E-state index is 0.0302. The molecule has 0 heterocycles. The molecule has 0 saturated heterocycles. The number of benzene rings is 1. The van der Waals surface area contributed by atoms with E-state index in [1.165, 1.54) is 11.8 Å². The lowest BCUT2D eigenvalue weighted by atomic mass is 10.1. The maximum absolute atomic E-state index is 11.3. The fraction of sp³-hybridized carbons (Fsp3) is 0.273. The molecule has 0 unspecified atom stereocenters. The van der Waals surface area contributed by atoms with Gasteiger partial charge in [0, 0.05) is 12.6 Å². The van der Waals surface area contributed by atoms with Gasteiger partial charge in [0.2, 0.25) is 6.41 Å². The van der Waals surface area contributed by atoms with Crippen molar-refractivity contribution >= 4 is 17.9 Å². The van der Waals surface area contributed by atoms with Crippen molar-refractivity contribution in [2.24, 2.45) is 0 Å². The highest BCUT2D eigenvalue weighted by molar-refractivity contribution is 6.01. The van der Waals surface area contributed by atoms with Gasteiger partial charge in [-0.15, -0.1) is 0 Å². The summed E-state index contributed by atoms with van der Waals surface area (Å²) in [6, 6.07) is 5.44. The number of Topliss-reactive ketones (excluding diaryl/α,β-unsaturated/α-hetero) is 1. The van der Waals surface area contributed by atoms with Crippen LogP contribution in [0.1, 0.15) is 22.8 Å². The van der Waals surface area contributed by atoms with E-state index in [4.69, 9.17) is 0 Å². The smallest absolute Gasteiger partial charge is 0.213 e. The number of nitrogens with zero attached hydrogens (tertiary/aromatic N) is 1. The SMILES string of the molecule is CC(=O)c1cc(C)ccc1N(C)C=O. The third-order valence-electron chi connectivity index (χ3n) is 2.07. The molecule has 3 nitrogen and oxygen atoms in total. The highest BCUT2D eigenvalue weighted by Crippen LogP contribution is 2.20. The fourth-order valence-electron chi connectivity index (χ4n) is 1.30. The average molecular weight is 191 g/mol. The number of rotatable bonds is 3. The number of hydrogen-bond donors (Lipinski definition) is 0. The summed E-state index contributed by atoms with van der Waals surface area (Å²) in [6.45, 7) is 3.41. The summed E-state index contributed by atoms with van der Waals surface area (Å²) < 4.78 is 0. The van der Waals surface area contributed by atoms with Crippen molar-refractivity contribution in [3.05, 3.63) is 29.3 Å². The third-order valence-corrected chi connectivity index (χ3v) is 2.07. The van der Waals surface area contributed by atoms with Crippen LogP contribution in [0.15, 0.2) is 18.2 Å². The molecule has 1 aromatic carbocycles. The van der Waals surface area contributed by atoms with Crippen LogP contribution in [0.5, 0.6) is 0 Å². The molecular weight excluding hydrogens is 178 g/mol. The summed E-state index contributed by atoms with van der Waals surface area (Å²) in [5, 5.41) is 0. The number of carbonyl (C=O) groups is 2. The van der Waals surface area contributed by atoms with Gasteiger partial charge in [0.25, 0.3) is 0 Å². The maximum atomic E-state index is 11.3. The minimum atomic E-state index is -0.0302. The monoisotopic (exact) mass is 191 g/mol. The summed E-state index contributed by atoms with van der Waals surface area (Å²) in [6.07, 6.45) is 0.692. The van der Waals surface area contributed by atoms with Gasteiger partial charge in [0.05, 0.1) is 5.69 Å². The van der Waals surface area contributed by atoms with Gasteiger partial charge < -0.3 is 4.90 Å². The Morgan fingerprint density at radius 1 is 1.43 bits per heavy atom. The zero-order valence-corrected chi connectivity index (χ0v) is 8.57. The molecule has 0 aliphatic heterocycles. The van der Waals surface area contributed by atoms with E-state index in [0.29, 0.717) is 17.7 Å². The number of carbonyl (C=O) groups excluding carboxylic acids is 2. The molecule has 3 heteroatoms. The van der Waals surface area contributed by atoms with Gasteiger partial charge in [-0.25, -0.2) is 0 Å². The molecule has 0 bridgehead atoms. The van der Waals surface area contributed by atoms with Crippen LogP contribution in [0.4, 0.5) is 5.69 Å². The maximum Gasteiger partial charge on any atom is 0.213 e. The van der Waals surface area contributed by atoms with Crippen molar-refractivity contribution in [2.75, 3.05) is 11.9 Å². The van der Waals surface area contributed by atoms with E-state index in [9.17, 15) is 9.59 Å². The van der Waals surface area contributed by atoms with Crippen molar-refractivity contribution in [3.63, 3.8) is 0 Å². The van der Waals surface area contributed by atoms with Gasteiger partial charge >= 0.3 is 0 Å². The quantitative estimate of drug-likeness (QED) is 0.539. The Labute approximate surface area is 83.3 Å². The molecule has 0 aromatic heterocycles. The molecule has 0 saturated carbocycles. The first kappa shape index (κ1) is 10.4. The van der Waals surface area contributed by atoms with Crippen LogP contribution >= 0.6 is 0 Å². The van der Waals surface area contributed by atoms with Crippen LogP contribution in [0.2, 0.25) is 0 Å². The van der Waals surface area contributed by atoms with E-state index in [0.717, 1.165) is 5.56 Å². The Hall–Kier alpha value is -1.64. The van der Waals surface area contributed by atoms with Crippen LogP contribution in [0.3, 0.4) is 0 Å². The summed E-state index contributed by atoms with van der Waals surface area (Å²) >= 11 is 0. The van der Waals surface area contributed by atoms with Crippen molar-refractivity contribution < 1.29 is 9.59 Å². The molecule has 0 aliphatic rings. The molecule has 1 aromatic rings. The molecule has 1 rings (SSSR count). The highest BCUT2D eigenvalue weighted by atomic mass is 16.1. The molecule has 0 atom stereocenters. The van der Waals surface area contributed by atoms with E-state index in [1.807, 2.05) is 13.0 Å². The molecule has 0 radical (unpaired) electrons. The van der Waals surface area contributed by atoms with Crippen molar-refractivity contribution in [1.82, 2.24) is 0 Å². The van der Waals surface area contributed by atoms with E-state index in [1.54, 1.807) is 19.2 Å². The lowest BCUT2D eigenvalue weighted by Gasteiger charge is -2.14. The number of anilines is 1. The van der Waals surface area contributed by atoms with Crippen LogP contribution in [0, 0.1) is 6.92 Å². The van der Waals surface area contributed by atoms with E-state index < -0.39 is 0 Å². The van der Waals surface area contributed by atoms with Gasteiger partial charge in [-0.05, 0) is 26.0 Å². The van der Waals surface area contributed by atoms with Crippen molar-refractivity contribution in [3.8, 4) is 0 Å². The minimum Gasteiger partial charge on any atom is -0.317 e. The predicted octanol–water partition coefficient (Wildman–Crippen LogP) is 1.79. The zero-order valence-electron chi connectivity index (χ0n) is 8.57. The first-order valence-electron chi connectivity index (χ1n) is 4.36. The van der Waals surface area contributed by atoms with Crippen molar-refractivity contribution in [1.29, 1.82) is 0 Å². The first-order valence-corrected chi connectivity index (χ1v) is 4.36. The number of ketones is 1. The topological polar surface area (TPSA) is 37.4 Å². The number of hydrogen-bond acceptors (Lipinski definition) is 2. The van der Waals surface area contributed by atoms with Gasteiger partial charge in [-0.2, -0.15) is 0 Å². The van der Waals surface area contributed by atoms with Crippen molar-refractivity contribution in [2.45, 2.75) is 13.8 Å². The summed E-state index contributed by atoms with van der Waals surface area (Å²) in [5.74, 6) is -0.0302. The normalized spacial score (nSPS) is 9.64. The second-order valence-electron chi connectivity index (χ2n) is 3.29. The second kappa shape index (κ2) is 4.05. The third kappa shape index (κ3) is 1.99. The van der Waals surface area contributed by atoms with Gasteiger partial charge in [0.15, 0.2) is 5.78 Å². The molecule has 0 fully saturated rings. The lowest BCUT2D eigenvalue weighted by molar-refractivity contribution is -0.107. The van der Waals surface area contributed by atoms with Gasteiger partial charge in [-0.1, -0.05) is 11.6 Å². The molecule has 1 amide bonds. The van der Waals surface area contributed by atoms with Crippen LogP contribution in [0.25, 0.3) is 0 Å². The summed E-state index contributed by atoms with van der Waals surface area (Å²) in [7, 11) is 1.63. The largest absolute Gasteiger partial charge is 0.317 e. The van der Waals surface area contributed by atoms with Crippen LogP contribution < -0.4 is 4.90 Å². The van der Waals surface area contributed by atoms with Crippen LogP contribution in [-0.2, 0) is 4.79 Å².